The maximum atomic E-state index is 12.3. The lowest BCUT2D eigenvalue weighted by molar-refractivity contribution is 0.0736. The Labute approximate surface area is 134 Å². The van der Waals surface area contributed by atoms with E-state index in [4.69, 9.17) is 4.52 Å². The van der Waals surface area contributed by atoms with Gasteiger partial charge in [0.05, 0.1) is 5.69 Å². The highest BCUT2D eigenvalue weighted by Gasteiger charge is 2.27. The van der Waals surface area contributed by atoms with Gasteiger partial charge in [0.1, 0.15) is 5.76 Å². The summed E-state index contributed by atoms with van der Waals surface area (Å²) in [6.07, 6.45) is 2.46. The van der Waals surface area contributed by atoms with Crippen LogP contribution in [0.3, 0.4) is 0 Å². The van der Waals surface area contributed by atoms with E-state index >= 15 is 0 Å². The molecule has 23 heavy (non-hydrogen) atoms. The molecule has 7 heteroatoms. The first kappa shape index (κ1) is 14.2. The Balaban J connectivity index is 1.37. The highest BCUT2D eigenvalue weighted by atomic mass is 16.5. The summed E-state index contributed by atoms with van der Waals surface area (Å²) in [5.74, 6) is 2.09. The molecule has 2 aromatic rings. The van der Waals surface area contributed by atoms with Crippen molar-refractivity contribution < 1.29 is 9.32 Å². The van der Waals surface area contributed by atoms with Gasteiger partial charge in [-0.2, -0.15) is 5.10 Å². The Kier molecular flexibility index (Phi) is 3.48. The van der Waals surface area contributed by atoms with Gasteiger partial charge in [-0.15, -0.1) is 5.10 Å². The minimum atomic E-state index is -0.0725. The summed E-state index contributed by atoms with van der Waals surface area (Å²) in [6.45, 7) is 4.58. The van der Waals surface area contributed by atoms with Crippen LogP contribution in [0.1, 0.15) is 40.7 Å². The number of amides is 1. The van der Waals surface area contributed by atoms with Gasteiger partial charge in [-0.3, -0.25) is 4.79 Å². The molecule has 0 unspecified atom stereocenters. The van der Waals surface area contributed by atoms with E-state index in [1.807, 2.05) is 6.07 Å². The number of carbonyl (C=O) groups excluding carboxylic acids is 1. The van der Waals surface area contributed by atoms with Crippen LogP contribution in [-0.2, 0) is 0 Å². The van der Waals surface area contributed by atoms with Crippen molar-refractivity contribution in [1.29, 1.82) is 0 Å². The van der Waals surface area contributed by atoms with Crippen molar-refractivity contribution in [2.24, 2.45) is 0 Å². The molecule has 1 amide bonds. The molecular formula is C16H19N5O2. The predicted molar refractivity (Wildman–Crippen MR) is 83.4 cm³/mol. The summed E-state index contributed by atoms with van der Waals surface area (Å²) in [5, 5.41) is 12.5. The predicted octanol–water partition coefficient (Wildman–Crippen LogP) is 1.61. The summed E-state index contributed by atoms with van der Waals surface area (Å²) in [4.78, 5) is 16.3. The van der Waals surface area contributed by atoms with Crippen LogP contribution in [0.2, 0.25) is 0 Å². The number of aryl methyl sites for hydroxylation is 1. The molecule has 0 spiro atoms. The molecule has 0 aromatic carbocycles. The molecule has 4 rings (SSSR count). The fourth-order valence-electron chi connectivity index (χ4n) is 2.87. The molecule has 2 aliphatic rings. The number of hydrogen-bond donors (Lipinski definition) is 0. The van der Waals surface area contributed by atoms with Crippen molar-refractivity contribution in [3.05, 3.63) is 35.3 Å². The van der Waals surface area contributed by atoms with E-state index in [1.165, 1.54) is 12.8 Å². The highest BCUT2D eigenvalue weighted by molar-refractivity contribution is 5.92. The standard InChI is InChI=1S/C16H19N5O2/c1-11-10-14(19-23-11)16(22)21-8-6-20(7-9-21)15-5-4-13(17-18-15)12-2-3-12/h4-5,10,12H,2-3,6-9H2,1H3. The smallest absolute Gasteiger partial charge is 0.276 e. The molecule has 2 fully saturated rings. The Morgan fingerprint density at radius 1 is 1.17 bits per heavy atom. The second-order valence-electron chi connectivity index (χ2n) is 6.19. The quantitative estimate of drug-likeness (QED) is 0.857. The normalized spacial score (nSPS) is 18.3. The maximum absolute atomic E-state index is 12.3. The van der Waals surface area contributed by atoms with Gasteiger partial charge in [0.15, 0.2) is 11.5 Å². The Hall–Kier alpha value is -2.44. The van der Waals surface area contributed by atoms with Crippen LogP contribution < -0.4 is 4.90 Å². The molecule has 0 radical (unpaired) electrons. The topological polar surface area (TPSA) is 75.4 Å². The van der Waals surface area contributed by atoms with Crippen LogP contribution in [0.4, 0.5) is 5.82 Å². The number of aromatic nitrogens is 3. The largest absolute Gasteiger partial charge is 0.361 e. The Morgan fingerprint density at radius 3 is 2.52 bits per heavy atom. The highest BCUT2D eigenvalue weighted by Crippen LogP contribution is 2.38. The van der Waals surface area contributed by atoms with Gasteiger partial charge in [0.25, 0.3) is 5.91 Å². The molecule has 7 nitrogen and oxygen atoms in total. The van der Waals surface area contributed by atoms with Gasteiger partial charge in [0.2, 0.25) is 0 Å². The lowest BCUT2D eigenvalue weighted by Crippen LogP contribution is -2.49. The maximum Gasteiger partial charge on any atom is 0.276 e. The third-order valence-corrected chi connectivity index (χ3v) is 4.40. The number of anilines is 1. The van der Waals surface area contributed by atoms with Crippen LogP contribution in [0, 0.1) is 6.92 Å². The molecule has 2 aromatic heterocycles. The van der Waals surface area contributed by atoms with E-state index in [0.717, 1.165) is 24.6 Å². The van der Waals surface area contributed by atoms with E-state index in [9.17, 15) is 4.79 Å². The van der Waals surface area contributed by atoms with Gasteiger partial charge >= 0.3 is 0 Å². The molecule has 1 aliphatic carbocycles. The zero-order valence-corrected chi connectivity index (χ0v) is 13.1. The van der Waals surface area contributed by atoms with E-state index in [-0.39, 0.29) is 5.91 Å². The third kappa shape index (κ3) is 2.91. The summed E-state index contributed by atoms with van der Waals surface area (Å²) in [7, 11) is 0. The monoisotopic (exact) mass is 313 g/mol. The fourth-order valence-corrected chi connectivity index (χ4v) is 2.87. The van der Waals surface area contributed by atoms with Crippen molar-refractivity contribution in [3.8, 4) is 0 Å². The molecule has 1 aliphatic heterocycles. The molecule has 0 bridgehead atoms. The summed E-state index contributed by atoms with van der Waals surface area (Å²) < 4.78 is 4.98. The van der Waals surface area contributed by atoms with Crippen molar-refractivity contribution in [2.75, 3.05) is 31.1 Å². The molecule has 0 N–H and O–H groups in total. The molecule has 3 heterocycles. The second-order valence-corrected chi connectivity index (χ2v) is 6.19. The van der Waals surface area contributed by atoms with Crippen LogP contribution >= 0.6 is 0 Å². The van der Waals surface area contributed by atoms with Crippen LogP contribution in [0.5, 0.6) is 0 Å². The Morgan fingerprint density at radius 2 is 1.96 bits per heavy atom. The van der Waals surface area contributed by atoms with Gasteiger partial charge in [-0.05, 0) is 31.9 Å². The minimum Gasteiger partial charge on any atom is -0.361 e. The summed E-state index contributed by atoms with van der Waals surface area (Å²) in [6, 6.07) is 5.80. The number of rotatable bonds is 3. The van der Waals surface area contributed by atoms with Gasteiger partial charge in [-0.25, -0.2) is 0 Å². The van der Waals surface area contributed by atoms with E-state index in [0.29, 0.717) is 30.5 Å². The van der Waals surface area contributed by atoms with E-state index in [2.05, 4.69) is 26.3 Å². The average molecular weight is 313 g/mol. The van der Waals surface area contributed by atoms with E-state index in [1.54, 1.807) is 17.9 Å². The van der Waals surface area contributed by atoms with E-state index < -0.39 is 0 Å². The molecule has 0 atom stereocenters. The Bertz CT molecular complexity index is 700. The lowest BCUT2D eigenvalue weighted by Gasteiger charge is -2.34. The molecule has 1 saturated heterocycles. The zero-order chi connectivity index (χ0) is 15.8. The SMILES string of the molecule is Cc1cc(C(=O)N2CCN(c3ccc(C4CC4)nn3)CC2)no1. The number of carbonyl (C=O) groups is 1. The fraction of sp³-hybridized carbons (Fsp3) is 0.500. The molecular weight excluding hydrogens is 294 g/mol. The van der Waals surface area contributed by atoms with Gasteiger partial charge in [-0.1, -0.05) is 5.16 Å². The average Bonchev–Trinajstić information content (AvgIpc) is 3.36. The summed E-state index contributed by atoms with van der Waals surface area (Å²) >= 11 is 0. The summed E-state index contributed by atoms with van der Waals surface area (Å²) in [5.41, 5.74) is 1.48. The number of hydrogen-bond acceptors (Lipinski definition) is 6. The second kappa shape index (κ2) is 5.64. The van der Waals surface area contributed by atoms with Crippen LogP contribution in [-0.4, -0.2) is 52.3 Å². The first-order valence-electron chi connectivity index (χ1n) is 8.02. The first-order valence-corrected chi connectivity index (χ1v) is 8.02. The first-order chi connectivity index (χ1) is 11.2. The van der Waals surface area contributed by atoms with Crippen molar-refractivity contribution in [1.82, 2.24) is 20.3 Å². The molecule has 1 saturated carbocycles. The van der Waals surface area contributed by atoms with Crippen LogP contribution in [0.15, 0.2) is 22.7 Å². The minimum absolute atomic E-state index is 0.0725. The van der Waals surface area contributed by atoms with Crippen LogP contribution in [0.25, 0.3) is 0 Å². The lowest BCUT2D eigenvalue weighted by atomic mass is 10.2. The molecule has 120 valence electrons. The zero-order valence-electron chi connectivity index (χ0n) is 13.1. The van der Waals surface area contributed by atoms with Gasteiger partial charge in [0, 0.05) is 38.2 Å². The number of nitrogens with zero attached hydrogens (tertiary/aromatic N) is 5. The van der Waals surface area contributed by atoms with Crippen molar-refractivity contribution in [2.45, 2.75) is 25.7 Å². The van der Waals surface area contributed by atoms with Crippen molar-refractivity contribution in [3.63, 3.8) is 0 Å². The van der Waals surface area contributed by atoms with Gasteiger partial charge < -0.3 is 14.3 Å². The number of piperazine rings is 1. The third-order valence-electron chi connectivity index (χ3n) is 4.40. The van der Waals surface area contributed by atoms with Crippen molar-refractivity contribution >= 4 is 11.7 Å².